The molecule has 1 aliphatic carbocycles. The molecule has 40 heavy (non-hydrogen) atoms. The number of hydrogen-bond acceptors (Lipinski definition) is 11. The summed E-state index contributed by atoms with van der Waals surface area (Å²) in [6.07, 6.45) is -1.12. The molecule has 0 spiro atoms. The van der Waals surface area contributed by atoms with E-state index in [1.165, 1.54) is 30.0 Å². The van der Waals surface area contributed by atoms with Crippen molar-refractivity contribution in [3.63, 3.8) is 0 Å². The fourth-order valence-electron chi connectivity index (χ4n) is 4.49. The van der Waals surface area contributed by atoms with Gasteiger partial charge in [0.2, 0.25) is 5.95 Å². The van der Waals surface area contributed by atoms with Gasteiger partial charge in [0.15, 0.2) is 28.9 Å². The number of nitrogen functional groups attached to an aromatic ring is 1. The molecular weight excluding hydrogens is 548 g/mol. The summed E-state index contributed by atoms with van der Waals surface area (Å²) in [6.45, 7) is 1.82. The molecule has 1 unspecified atom stereocenters. The van der Waals surface area contributed by atoms with E-state index < -0.39 is 50.5 Å². The molecule has 5 N–H and O–H groups in total. The Morgan fingerprint density at radius 1 is 1.38 bits per heavy atom. The van der Waals surface area contributed by atoms with Crippen molar-refractivity contribution in [3.05, 3.63) is 36.7 Å². The molecule has 0 bridgehead atoms. The number of carbonyl (C=O) groups is 1. The lowest BCUT2D eigenvalue weighted by Crippen LogP contribution is -2.41. The summed E-state index contributed by atoms with van der Waals surface area (Å²) in [5.41, 5.74) is 4.21. The van der Waals surface area contributed by atoms with Gasteiger partial charge < -0.3 is 30.1 Å². The van der Waals surface area contributed by atoms with Gasteiger partial charge in [-0.25, -0.2) is 13.9 Å². The van der Waals surface area contributed by atoms with Crippen LogP contribution < -0.4 is 20.2 Å². The molecule has 2 aliphatic rings. The minimum atomic E-state index is -4.32. The van der Waals surface area contributed by atoms with E-state index in [2.05, 4.69) is 20.0 Å². The molecule has 1 saturated carbocycles. The number of nitrogens with zero attached hydrogens (tertiary/aromatic N) is 5. The van der Waals surface area contributed by atoms with E-state index >= 15 is 4.39 Å². The van der Waals surface area contributed by atoms with E-state index in [0.29, 0.717) is 17.4 Å². The molecule has 14 nitrogen and oxygen atoms in total. The second-order valence-corrected chi connectivity index (χ2v) is 11.8. The van der Waals surface area contributed by atoms with E-state index in [1.807, 2.05) is 11.9 Å². The van der Waals surface area contributed by atoms with Crippen molar-refractivity contribution in [2.45, 2.75) is 62.9 Å². The number of imidazole rings is 1. The second-order valence-electron chi connectivity index (χ2n) is 10.1. The molecule has 0 amide bonds. The van der Waals surface area contributed by atoms with Crippen LogP contribution in [0.3, 0.4) is 0 Å². The highest BCUT2D eigenvalue weighted by atomic mass is 31.2. The number of hydrogen-bond donors (Lipinski definition) is 4. The largest absolute Gasteiger partial charge is 0.480 e. The number of aliphatic carboxylic acids is 1. The van der Waals surface area contributed by atoms with Crippen molar-refractivity contribution in [2.75, 3.05) is 24.3 Å². The van der Waals surface area contributed by atoms with Crippen molar-refractivity contribution in [3.8, 4) is 5.75 Å². The van der Waals surface area contributed by atoms with Gasteiger partial charge >= 0.3 is 13.7 Å². The van der Waals surface area contributed by atoms with Crippen LogP contribution in [0.1, 0.15) is 32.9 Å². The first kappa shape index (κ1) is 28.2. The average molecular weight is 580 g/mol. The highest BCUT2D eigenvalue weighted by molar-refractivity contribution is 7.52. The maximum atomic E-state index is 16.0. The van der Waals surface area contributed by atoms with Crippen LogP contribution in [0.15, 0.2) is 36.7 Å². The smallest absolute Gasteiger partial charge is 0.459 e. The molecule has 2 aromatic heterocycles. The number of nitrogens with one attached hydrogen (secondary N) is 1. The Balaban J connectivity index is 1.39. The number of aromatic nitrogens is 4. The minimum Gasteiger partial charge on any atom is -0.480 e. The molecule has 1 aliphatic heterocycles. The monoisotopic (exact) mass is 579 g/mol. The normalized spacial score (nSPS) is 26.9. The van der Waals surface area contributed by atoms with Gasteiger partial charge in [-0.15, -0.1) is 0 Å². The summed E-state index contributed by atoms with van der Waals surface area (Å²) in [4.78, 5) is 26.3. The van der Waals surface area contributed by atoms with E-state index in [0.717, 1.165) is 19.8 Å². The zero-order chi connectivity index (χ0) is 28.8. The lowest BCUT2D eigenvalue weighted by atomic mass is 9.98. The zero-order valence-corrected chi connectivity index (χ0v) is 22.9. The number of benzene rings is 1. The van der Waals surface area contributed by atoms with Crippen molar-refractivity contribution >= 4 is 36.6 Å². The number of rotatable bonds is 11. The van der Waals surface area contributed by atoms with Crippen LogP contribution in [-0.4, -0.2) is 79.3 Å². The van der Waals surface area contributed by atoms with Gasteiger partial charge in [-0.1, -0.05) is 18.2 Å². The van der Waals surface area contributed by atoms with Crippen molar-refractivity contribution in [2.24, 2.45) is 0 Å². The number of ether oxygens (including phenoxy) is 1. The van der Waals surface area contributed by atoms with E-state index in [9.17, 15) is 19.6 Å². The third-order valence-electron chi connectivity index (χ3n) is 6.92. The maximum absolute atomic E-state index is 16.0. The molecule has 3 heterocycles. The summed E-state index contributed by atoms with van der Waals surface area (Å²) in [6, 6.07) is 6.96. The number of para-hydroxylation sites is 1. The topological polar surface area (TPSA) is 187 Å². The van der Waals surface area contributed by atoms with Crippen LogP contribution >= 0.6 is 7.75 Å². The molecule has 16 heteroatoms. The minimum absolute atomic E-state index is 0.0339. The molecule has 0 radical (unpaired) electrons. The quantitative estimate of drug-likeness (QED) is 0.243. The highest BCUT2D eigenvalue weighted by Crippen LogP contribution is 2.48. The number of carboxylic acid groups (broad SMARTS) is 1. The number of carboxylic acids is 1. The molecule has 1 aromatic carbocycles. The van der Waals surface area contributed by atoms with E-state index in [-0.39, 0.29) is 17.3 Å². The molecule has 5 rings (SSSR count). The Morgan fingerprint density at radius 3 is 2.73 bits per heavy atom. The number of anilines is 2. The number of fused-ring (bicyclic) bond motifs is 1. The van der Waals surface area contributed by atoms with Gasteiger partial charge in [-0.2, -0.15) is 15.1 Å². The number of aliphatic hydroxyl groups is 1. The molecule has 6 atom stereocenters. The molecule has 2 fully saturated rings. The van der Waals surface area contributed by atoms with E-state index in [1.54, 1.807) is 18.2 Å². The van der Waals surface area contributed by atoms with Gasteiger partial charge in [-0.05, 0) is 38.8 Å². The van der Waals surface area contributed by atoms with Gasteiger partial charge in [-0.3, -0.25) is 13.9 Å². The number of halogens is 1. The maximum Gasteiger partial charge on any atom is 0.459 e. The Bertz CT molecular complexity index is 1440. The van der Waals surface area contributed by atoms with Gasteiger partial charge in [0.25, 0.3) is 0 Å². The van der Waals surface area contributed by atoms with Gasteiger partial charge in [0.05, 0.1) is 12.9 Å². The highest BCUT2D eigenvalue weighted by Gasteiger charge is 2.56. The molecule has 216 valence electrons. The Kier molecular flexibility index (Phi) is 7.44. The third kappa shape index (κ3) is 5.47. The van der Waals surface area contributed by atoms with Crippen molar-refractivity contribution in [1.29, 1.82) is 0 Å². The first-order chi connectivity index (χ1) is 18.9. The van der Waals surface area contributed by atoms with Crippen LogP contribution in [0, 0.1) is 0 Å². The van der Waals surface area contributed by atoms with Crippen LogP contribution in [-0.2, 0) is 18.6 Å². The first-order valence-electron chi connectivity index (χ1n) is 12.6. The summed E-state index contributed by atoms with van der Waals surface area (Å²) in [5, 5.41) is 22.5. The average Bonchev–Trinajstić information content (AvgIpc) is 3.63. The Morgan fingerprint density at radius 2 is 2.08 bits per heavy atom. The van der Waals surface area contributed by atoms with Crippen LogP contribution in [0.25, 0.3) is 11.2 Å². The standard InChI is InChI=1S/C24H31FN7O7P/c1-13(21(34)35)30-40(36,39-15-7-5-4-6-8-15)37-11-16-18(33)24(2,25)22(38-16)32-12-27-17-19(31(3)14-9-10-14)28-23(26)29-20(17)32/h4-8,12-14,16,18,22,33H,9-11H2,1-3H3,(H,30,36)(H,34,35)(H2,26,28,29)/t13-,16+,18+,22+,24+,40?/m0/s1. The van der Waals surface area contributed by atoms with Gasteiger partial charge in [0, 0.05) is 13.1 Å². The van der Waals surface area contributed by atoms with Crippen LogP contribution in [0.2, 0.25) is 0 Å². The number of aliphatic hydroxyl groups excluding tert-OH is 1. The number of alkyl halides is 1. The summed E-state index contributed by atoms with van der Waals surface area (Å²) in [5.74, 6) is -0.686. The van der Waals surface area contributed by atoms with Crippen molar-refractivity contribution < 1.29 is 37.7 Å². The third-order valence-corrected chi connectivity index (χ3v) is 8.56. The fraction of sp³-hybridized carbons (Fsp3) is 0.500. The van der Waals surface area contributed by atoms with Gasteiger partial charge in [0.1, 0.15) is 24.0 Å². The lowest BCUT2D eigenvalue weighted by molar-refractivity contribution is -0.138. The zero-order valence-electron chi connectivity index (χ0n) is 22.0. The SMILES string of the molecule is C[C@H](NP(=O)(OC[C@H]1O[C@@H](n2cnc3c(N(C)C4CC4)nc(N)nc32)[C@](C)(F)[C@@H]1O)Oc1ccccc1)C(=O)O. The van der Waals surface area contributed by atoms with Crippen LogP contribution in [0.4, 0.5) is 16.2 Å². The fourth-order valence-corrected chi connectivity index (χ4v) is 6.00. The van der Waals surface area contributed by atoms with Crippen LogP contribution in [0.5, 0.6) is 5.75 Å². The molecular formula is C24H31FN7O7P. The summed E-state index contributed by atoms with van der Waals surface area (Å²) < 4.78 is 47.7. The second kappa shape index (κ2) is 10.6. The predicted molar refractivity (Wildman–Crippen MR) is 141 cm³/mol. The Labute approximate surface area is 228 Å². The molecule has 1 saturated heterocycles. The van der Waals surface area contributed by atoms with E-state index in [4.69, 9.17) is 19.5 Å². The Hall–Kier alpha value is -3.36. The summed E-state index contributed by atoms with van der Waals surface area (Å²) >= 11 is 0. The summed E-state index contributed by atoms with van der Waals surface area (Å²) in [7, 11) is -2.45. The predicted octanol–water partition coefficient (Wildman–Crippen LogP) is 2.26. The first-order valence-corrected chi connectivity index (χ1v) is 14.2. The number of nitrogens with two attached hydrogens (primary N) is 1. The lowest BCUT2D eigenvalue weighted by Gasteiger charge is -2.25. The molecule has 3 aromatic rings. The van der Waals surface area contributed by atoms with Crippen molar-refractivity contribution in [1.82, 2.24) is 24.6 Å².